The van der Waals surface area contributed by atoms with Gasteiger partial charge >= 0.3 is 0 Å². The van der Waals surface area contributed by atoms with Gasteiger partial charge in [0.2, 0.25) is 0 Å². The largest absolute Gasteiger partial charge is 0.334 e. The number of hydrogen-bond acceptors (Lipinski definition) is 2. The van der Waals surface area contributed by atoms with Crippen LogP contribution in [0.3, 0.4) is 0 Å². The number of nitrogens with zero attached hydrogens (tertiary/aromatic N) is 4. The molecular formula is C17H12N4. The van der Waals surface area contributed by atoms with Gasteiger partial charge in [-0.3, -0.25) is 4.98 Å². The summed E-state index contributed by atoms with van der Waals surface area (Å²) in [7, 11) is 2.02. The number of fused-ring (bicyclic) bond motifs is 7. The summed E-state index contributed by atoms with van der Waals surface area (Å²) in [5.41, 5.74) is 5.49. The van der Waals surface area contributed by atoms with Crippen molar-refractivity contribution in [3.63, 3.8) is 0 Å². The molecule has 0 bridgehead atoms. The van der Waals surface area contributed by atoms with E-state index in [4.69, 9.17) is 0 Å². The van der Waals surface area contributed by atoms with Crippen molar-refractivity contribution >= 4 is 38.4 Å². The summed E-state index contributed by atoms with van der Waals surface area (Å²) in [6, 6.07) is 12.7. The van der Waals surface area contributed by atoms with Crippen LogP contribution >= 0.6 is 0 Å². The van der Waals surface area contributed by atoms with Gasteiger partial charge in [-0.2, -0.15) is 0 Å². The van der Waals surface area contributed by atoms with E-state index in [-0.39, 0.29) is 0 Å². The van der Waals surface area contributed by atoms with Gasteiger partial charge in [0.05, 0.1) is 33.9 Å². The molecule has 5 rings (SSSR count). The molecule has 0 spiro atoms. The lowest BCUT2D eigenvalue weighted by atomic mass is 10.1. The van der Waals surface area contributed by atoms with Gasteiger partial charge in [-0.05, 0) is 30.3 Å². The Balaban J connectivity index is 2.19. The fourth-order valence-electron chi connectivity index (χ4n) is 3.19. The molecule has 0 saturated carbocycles. The maximum atomic E-state index is 4.58. The van der Waals surface area contributed by atoms with E-state index in [1.54, 1.807) is 0 Å². The van der Waals surface area contributed by atoms with Crippen molar-refractivity contribution in [3.8, 4) is 0 Å². The number of pyridine rings is 2. The lowest BCUT2D eigenvalue weighted by Gasteiger charge is -2.09. The average Bonchev–Trinajstić information content (AvgIpc) is 3.14. The van der Waals surface area contributed by atoms with Crippen molar-refractivity contribution in [2.24, 2.45) is 7.05 Å². The van der Waals surface area contributed by atoms with E-state index >= 15 is 0 Å². The summed E-state index contributed by atoms with van der Waals surface area (Å²) in [5.74, 6) is 0. The van der Waals surface area contributed by atoms with Gasteiger partial charge in [0.1, 0.15) is 0 Å². The highest BCUT2D eigenvalue weighted by atomic mass is 15.0. The fourth-order valence-corrected chi connectivity index (χ4v) is 3.19. The normalized spacial score (nSPS) is 12.0. The zero-order valence-corrected chi connectivity index (χ0v) is 11.5. The molecule has 0 fully saturated rings. The number of benzene rings is 1. The van der Waals surface area contributed by atoms with Crippen LogP contribution in [0.1, 0.15) is 0 Å². The van der Waals surface area contributed by atoms with Crippen LogP contribution in [-0.4, -0.2) is 18.9 Å². The van der Waals surface area contributed by atoms with E-state index in [2.05, 4.69) is 55.5 Å². The summed E-state index contributed by atoms with van der Waals surface area (Å²) in [6.07, 6.45) is 5.79. The van der Waals surface area contributed by atoms with Gasteiger partial charge in [-0.1, -0.05) is 6.07 Å². The number of hydrogen-bond donors (Lipinski definition) is 0. The second-order valence-electron chi connectivity index (χ2n) is 5.38. The van der Waals surface area contributed by atoms with Crippen molar-refractivity contribution in [2.45, 2.75) is 0 Å². The van der Waals surface area contributed by atoms with Crippen LogP contribution < -0.4 is 0 Å². The molecule has 0 aliphatic heterocycles. The highest BCUT2D eigenvalue weighted by Gasteiger charge is 2.11. The van der Waals surface area contributed by atoms with Crippen molar-refractivity contribution in [3.05, 3.63) is 55.1 Å². The molecular weight excluding hydrogens is 260 g/mol. The third-order valence-electron chi connectivity index (χ3n) is 4.19. The van der Waals surface area contributed by atoms with Crippen molar-refractivity contribution in [1.29, 1.82) is 0 Å². The summed E-state index contributed by atoms with van der Waals surface area (Å²) >= 11 is 0. The summed E-state index contributed by atoms with van der Waals surface area (Å²) < 4.78 is 4.25. The molecule has 0 radical (unpaired) electrons. The topological polar surface area (TPSA) is 35.1 Å². The van der Waals surface area contributed by atoms with Gasteiger partial charge in [0.25, 0.3) is 0 Å². The second kappa shape index (κ2) is 3.61. The van der Waals surface area contributed by atoms with E-state index in [9.17, 15) is 0 Å². The molecule has 0 N–H and O–H groups in total. The third kappa shape index (κ3) is 1.29. The molecule has 1 aromatic carbocycles. The zero-order chi connectivity index (χ0) is 14.0. The maximum absolute atomic E-state index is 4.58. The number of aromatic nitrogens is 4. The molecule has 5 aromatic rings. The Hall–Kier alpha value is -2.88. The first-order valence-corrected chi connectivity index (χ1v) is 6.91. The Kier molecular flexibility index (Phi) is 1.86. The molecule has 0 saturated heterocycles. The molecule has 4 aromatic heterocycles. The predicted octanol–water partition coefficient (Wildman–Crippen LogP) is 3.53. The van der Waals surface area contributed by atoms with Crippen LogP contribution in [0.2, 0.25) is 0 Å². The van der Waals surface area contributed by atoms with Gasteiger partial charge in [0, 0.05) is 30.2 Å². The van der Waals surface area contributed by atoms with E-state index in [0.29, 0.717) is 0 Å². The Morgan fingerprint density at radius 2 is 1.86 bits per heavy atom. The van der Waals surface area contributed by atoms with Gasteiger partial charge < -0.3 is 8.97 Å². The Morgan fingerprint density at radius 1 is 0.905 bits per heavy atom. The second-order valence-corrected chi connectivity index (χ2v) is 5.38. The zero-order valence-electron chi connectivity index (χ0n) is 11.5. The maximum Gasteiger partial charge on any atom is 0.0955 e. The van der Waals surface area contributed by atoms with Crippen LogP contribution in [-0.2, 0) is 7.05 Å². The first-order chi connectivity index (χ1) is 10.3. The third-order valence-corrected chi connectivity index (χ3v) is 4.19. The SMILES string of the molecule is Cn1cnc2cc3c(cc21)c1cccnc1c1cccn31. The molecule has 0 aliphatic carbocycles. The lowest BCUT2D eigenvalue weighted by molar-refractivity contribution is 0.948. The molecule has 0 unspecified atom stereocenters. The molecule has 0 aliphatic rings. The minimum atomic E-state index is 1.02. The van der Waals surface area contributed by atoms with Crippen LogP contribution in [0.15, 0.2) is 55.1 Å². The first-order valence-electron chi connectivity index (χ1n) is 6.91. The Morgan fingerprint density at radius 3 is 2.81 bits per heavy atom. The van der Waals surface area contributed by atoms with Crippen molar-refractivity contribution in [1.82, 2.24) is 18.9 Å². The minimum Gasteiger partial charge on any atom is -0.334 e. The summed E-state index contributed by atoms with van der Waals surface area (Å²) in [4.78, 5) is 9.05. The smallest absolute Gasteiger partial charge is 0.0955 e. The highest BCUT2D eigenvalue weighted by molar-refractivity contribution is 6.13. The Bertz CT molecular complexity index is 1150. The molecule has 100 valence electrons. The van der Waals surface area contributed by atoms with Gasteiger partial charge in [-0.15, -0.1) is 0 Å². The Labute approximate surface area is 120 Å². The lowest BCUT2D eigenvalue weighted by Crippen LogP contribution is -1.92. The molecule has 0 atom stereocenters. The molecule has 4 heterocycles. The van der Waals surface area contributed by atoms with E-state index in [0.717, 1.165) is 22.1 Å². The summed E-state index contributed by atoms with van der Waals surface area (Å²) in [6.45, 7) is 0. The molecule has 4 nitrogen and oxygen atoms in total. The van der Waals surface area contributed by atoms with Crippen LogP contribution in [0.5, 0.6) is 0 Å². The van der Waals surface area contributed by atoms with E-state index in [1.807, 2.05) is 25.6 Å². The molecule has 4 heteroatoms. The van der Waals surface area contributed by atoms with E-state index in [1.165, 1.54) is 16.3 Å². The molecule has 0 amide bonds. The van der Waals surface area contributed by atoms with Gasteiger partial charge in [0.15, 0.2) is 0 Å². The monoisotopic (exact) mass is 272 g/mol. The van der Waals surface area contributed by atoms with Gasteiger partial charge in [-0.25, -0.2) is 4.98 Å². The fraction of sp³-hybridized carbons (Fsp3) is 0.0588. The van der Waals surface area contributed by atoms with Crippen LogP contribution in [0, 0.1) is 0 Å². The van der Waals surface area contributed by atoms with Crippen molar-refractivity contribution < 1.29 is 0 Å². The van der Waals surface area contributed by atoms with Crippen LogP contribution in [0.25, 0.3) is 38.4 Å². The quantitative estimate of drug-likeness (QED) is 0.404. The predicted molar refractivity (Wildman–Crippen MR) is 84.5 cm³/mol. The highest BCUT2D eigenvalue weighted by Crippen LogP contribution is 2.31. The first kappa shape index (κ1) is 10.9. The number of rotatable bonds is 0. The summed E-state index contributed by atoms with van der Waals surface area (Å²) in [5, 5.41) is 2.39. The van der Waals surface area contributed by atoms with Crippen molar-refractivity contribution in [2.75, 3.05) is 0 Å². The molecule has 21 heavy (non-hydrogen) atoms. The number of imidazole rings is 1. The minimum absolute atomic E-state index is 1.02. The average molecular weight is 272 g/mol. The number of aryl methyl sites for hydroxylation is 1. The van der Waals surface area contributed by atoms with E-state index < -0.39 is 0 Å². The van der Waals surface area contributed by atoms with Crippen LogP contribution in [0.4, 0.5) is 0 Å². The standard InChI is InChI=1S/C17H12N4/c1-20-10-19-13-9-15-12(8-16(13)20)11-4-2-6-18-17(11)14-5-3-7-21(14)15/h2-10H,1H3.